The average Bonchev–Trinajstić information content (AvgIpc) is 2.90. The molecule has 1 aliphatic heterocycles. The highest BCUT2D eigenvalue weighted by atomic mass is 16.2. The van der Waals surface area contributed by atoms with E-state index in [9.17, 15) is 9.59 Å². The second-order valence-corrected chi connectivity index (χ2v) is 6.50. The summed E-state index contributed by atoms with van der Waals surface area (Å²) < 4.78 is 0. The molecule has 0 saturated carbocycles. The fourth-order valence-electron chi connectivity index (χ4n) is 2.86. The number of ketones is 1. The maximum Gasteiger partial charge on any atom is 0.241 e. The zero-order valence-corrected chi connectivity index (χ0v) is 13.6. The quantitative estimate of drug-likeness (QED) is 0.815. The van der Waals surface area contributed by atoms with E-state index in [1.807, 2.05) is 13.0 Å². The molecule has 1 aromatic carbocycles. The molecule has 0 radical (unpaired) electrons. The highest BCUT2D eigenvalue weighted by Gasteiger charge is 2.36. The first kappa shape index (κ1) is 16.6. The number of anilines is 1. The van der Waals surface area contributed by atoms with Gasteiger partial charge in [-0.1, -0.05) is 19.1 Å². The lowest BCUT2D eigenvalue weighted by molar-refractivity contribution is -0.120. The van der Waals surface area contributed by atoms with E-state index in [1.54, 1.807) is 18.2 Å². The Bertz CT molecular complexity index is 573. The molecule has 2 rings (SSSR count). The van der Waals surface area contributed by atoms with Crippen LogP contribution in [-0.4, -0.2) is 42.3 Å². The Balaban J connectivity index is 2.05. The number of rotatable bonds is 5. The predicted molar refractivity (Wildman–Crippen MR) is 87.9 cm³/mol. The summed E-state index contributed by atoms with van der Waals surface area (Å²) in [5.41, 5.74) is 7.02. The summed E-state index contributed by atoms with van der Waals surface area (Å²) in [5.74, 6) is -0.143. The van der Waals surface area contributed by atoms with E-state index in [1.165, 1.54) is 6.92 Å². The van der Waals surface area contributed by atoms with E-state index in [-0.39, 0.29) is 23.1 Å². The SMILES string of the molecule is CC(=O)c1ccccc1NC(=O)C(C)N1CCC(C)(CN)C1. The van der Waals surface area contributed by atoms with Crippen molar-refractivity contribution in [1.82, 2.24) is 4.90 Å². The van der Waals surface area contributed by atoms with Gasteiger partial charge in [0.1, 0.15) is 0 Å². The lowest BCUT2D eigenvalue weighted by Crippen LogP contribution is -2.42. The van der Waals surface area contributed by atoms with E-state index >= 15 is 0 Å². The number of likely N-dealkylation sites (tertiary alicyclic amines) is 1. The van der Waals surface area contributed by atoms with Crippen molar-refractivity contribution in [3.05, 3.63) is 29.8 Å². The molecule has 1 saturated heterocycles. The Morgan fingerprint density at radius 2 is 2.09 bits per heavy atom. The third-order valence-electron chi connectivity index (χ3n) is 4.57. The largest absolute Gasteiger partial charge is 0.330 e. The normalized spacial score (nSPS) is 23.3. The van der Waals surface area contributed by atoms with Crippen molar-refractivity contribution in [2.45, 2.75) is 33.2 Å². The van der Waals surface area contributed by atoms with Crippen LogP contribution >= 0.6 is 0 Å². The van der Waals surface area contributed by atoms with Gasteiger partial charge in [-0.2, -0.15) is 0 Å². The van der Waals surface area contributed by atoms with Crippen LogP contribution in [0.1, 0.15) is 37.6 Å². The molecule has 120 valence electrons. The van der Waals surface area contributed by atoms with E-state index < -0.39 is 0 Å². The third kappa shape index (κ3) is 3.54. The molecule has 22 heavy (non-hydrogen) atoms. The Hall–Kier alpha value is -1.72. The van der Waals surface area contributed by atoms with Gasteiger partial charge in [0.25, 0.3) is 0 Å². The van der Waals surface area contributed by atoms with E-state index in [0.29, 0.717) is 17.8 Å². The molecular weight excluding hydrogens is 278 g/mol. The fourth-order valence-corrected chi connectivity index (χ4v) is 2.86. The first-order valence-corrected chi connectivity index (χ1v) is 7.71. The van der Waals surface area contributed by atoms with E-state index in [2.05, 4.69) is 17.1 Å². The maximum absolute atomic E-state index is 12.5. The van der Waals surface area contributed by atoms with Gasteiger partial charge in [-0.05, 0) is 50.9 Å². The third-order valence-corrected chi connectivity index (χ3v) is 4.57. The summed E-state index contributed by atoms with van der Waals surface area (Å²) in [6.45, 7) is 7.88. The van der Waals surface area contributed by atoms with Crippen molar-refractivity contribution in [3.8, 4) is 0 Å². The Labute approximate surface area is 131 Å². The van der Waals surface area contributed by atoms with Gasteiger partial charge < -0.3 is 11.1 Å². The van der Waals surface area contributed by atoms with Crippen LogP contribution in [0.25, 0.3) is 0 Å². The Morgan fingerprint density at radius 3 is 2.68 bits per heavy atom. The van der Waals surface area contributed by atoms with Crippen LogP contribution in [0.3, 0.4) is 0 Å². The number of nitrogens with zero attached hydrogens (tertiary/aromatic N) is 1. The number of benzene rings is 1. The summed E-state index contributed by atoms with van der Waals surface area (Å²) in [4.78, 5) is 26.3. The summed E-state index contributed by atoms with van der Waals surface area (Å²) in [6, 6.07) is 6.85. The number of nitrogens with two attached hydrogens (primary N) is 1. The number of amides is 1. The minimum absolute atomic E-state index is 0.0552. The fraction of sp³-hybridized carbons (Fsp3) is 0.529. The minimum atomic E-state index is -0.242. The lowest BCUT2D eigenvalue weighted by atomic mass is 9.90. The molecule has 0 bridgehead atoms. The molecule has 2 atom stereocenters. The van der Waals surface area contributed by atoms with Crippen molar-refractivity contribution in [3.63, 3.8) is 0 Å². The van der Waals surface area contributed by atoms with Gasteiger partial charge in [-0.15, -0.1) is 0 Å². The van der Waals surface area contributed by atoms with Crippen LogP contribution < -0.4 is 11.1 Å². The van der Waals surface area contributed by atoms with Crippen LogP contribution in [-0.2, 0) is 4.79 Å². The molecular formula is C17H25N3O2. The van der Waals surface area contributed by atoms with Gasteiger partial charge in [0.15, 0.2) is 5.78 Å². The summed E-state index contributed by atoms with van der Waals surface area (Å²) in [7, 11) is 0. The molecule has 2 unspecified atom stereocenters. The molecule has 5 heteroatoms. The van der Waals surface area contributed by atoms with Crippen molar-refractivity contribution in [1.29, 1.82) is 0 Å². The number of hydrogen-bond donors (Lipinski definition) is 2. The first-order chi connectivity index (χ1) is 10.4. The van der Waals surface area contributed by atoms with Crippen LogP contribution in [0.4, 0.5) is 5.69 Å². The molecule has 1 aromatic rings. The van der Waals surface area contributed by atoms with Gasteiger partial charge in [-0.25, -0.2) is 0 Å². The van der Waals surface area contributed by atoms with Crippen LogP contribution in [0.5, 0.6) is 0 Å². The number of para-hydroxylation sites is 1. The summed E-state index contributed by atoms with van der Waals surface area (Å²) >= 11 is 0. The molecule has 1 heterocycles. The first-order valence-electron chi connectivity index (χ1n) is 7.71. The molecule has 0 aliphatic carbocycles. The minimum Gasteiger partial charge on any atom is -0.330 e. The van der Waals surface area contributed by atoms with Crippen molar-refractivity contribution in [2.24, 2.45) is 11.1 Å². The van der Waals surface area contributed by atoms with Crippen molar-refractivity contribution >= 4 is 17.4 Å². The standard InChI is InChI=1S/C17H25N3O2/c1-12(20-9-8-17(3,10-18)11-20)16(22)19-15-7-5-4-6-14(15)13(2)21/h4-7,12H,8-11,18H2,1-3H3,(H,19,22). The highest BCUT2D eigenvalue weighted by Crippen LogP contribution is 2.30. The van der Waals surface area contributed by atoms with Crippen molar-refractivity contribution < 1.29 is 9.59 Å². The van der Waals surface area contributed by atoms with Gasteiger partial charge in [0, 0.05) is 12.1 Å². The summed E-state index contributed by atoms with van der Waals surface area (Å²) in [6.07, 6.45) is 1.01. The predicted octanol–water partition coefficient (Wildman–Crippen LogP) is 1.89. The van der Waals surface area contributed by atoms with Crippen LogP contribution in [0.15, 0.2) is 24.3 Å². The van der Waals surface area contributed by atoms with Crippen molar-refractivity contribution in [2.75, 3.05) is 25.0 Å². The molecule has 1 amide bonds. The molecule has 5 nitrogen and oxygen atoms in total. The number of nitrogens with one attached hydrogen (secondary N) is 1. The number of carbonyl (C=O) groups is 2. The van der Waals surface area contributed by atoms with Gasteiger partial charge in [0.2, 0.25) is 5.91 Å². The Kier molecular flexibility index (Phi) is 4.98. The summed E-state index contributed by atoms with van der Waals surface area (Å²) in [5, 5.41) is 2.88. The molecule has 3 N–H and O–H groups in total. The topological polar surface area (TPSA) is 75.4 Å². The van der Waals surface area contributed by atoms with Gasteiger partial charge >= 0.3 is 0 Å². The lowest BCUT2D eigenvalue weighted by Gasteiger charge is -2.26. The van der Waals surface area contributed by atoms with Crippen LogP contribution in [0, 0.1) is 5.41 Å². The van der Waals surface area contributed by atoms with Gasteiger partial charge in [-0.3, -0.25) is 14.5 Å². The van der Waals surface area contributed by atoms with E-state index in [0.717, 1.165) is 19.5 Å². The maximum atomic E-state index is 12.5. The monoisotopic (exact) mass is 303 g/mol. The Morgan fingerprint density at radius 1 is 1.41 bits per heavy atom. The zero-order valence-electron chi connectivity index (χ0n) is 13.6. The molecule has 1 fully saturated rings. The second kappa shape index (κ2) is 6.58. The van der Waals surface area contributed by atoms with Crippen LogP contribution in [0.2, 0.25) is 0 Å². The number of Topliss-reactive ketones (excluding diaryl/α,β-unsaturated/α-hetero) is 1. The second-order valence-electron chi connectivity index (χ2n) is 6.50. The van der Waals surface area contributed by atoms with E-state index in [4.69, 9.17) is 5.73 Å². The number of hydrogen-bond acceptors (Lipinski definition) is 4. The number of carbonyl (C=O) groups excluding carboxylic acids is 2. The molecule has 1 aliphatic rings. The molecule has 0 aromatic heterocycles. The van der Waals surface area contributed by atoms with Gasteiger partial charge in [0.05, 0.1) is 11.7 Å². The smallest absolute Gasteiger partial charge is 0.241 e. The zero-order chi connectivity index (χ0) is 16.3. The highest BCUT2D eigenvalue weighted by molar-refractivity contribution is 6.04. The molecule has 0 spiro atoms. The average molecular weight is 303 g/mol.